The lowest BCUT2D eigenvalue weighted by atomic mass is 9.87. The van der Waals surface area contributed by atoms with E-state index < -0.39 is 33.5 Å². The average Bonchev–Trinajstić information content (AvgIpc) is 3.40. The fourth-order valence-corrected chi connectivity index (χ4v) is 6.14. The highest BCUT2D eigenvalue weighted by molar-refractivity contribution is 7.92. The predicted octanol–water partition coefficient (Wildman–Crippen LogP) is 4.14. The number of rotatable bonds is 9. The van der Waals surface area contributed by atoms with Gasteiger partial charge in [0, 0.05) is 49.0 Å². The minimum absolute atomic E-state index is 0.0778. The Morgan fingerprint density at radius 1 is 1.12 bits per heavy atom. The van der Waals surface area contributed by atoms with E-state index in [9.17, 15) is 22.0 Å². The number of anilines is 2. The van der Waals surface area contributed by atoms with Crippen LogP contribution < -0.4 is 15.8 Å². The zero-order valence-electron chi connectivity index (χ0n) is 21.7. The molecule has 0 radical (unpaired) electrons. The molecule has 0 aliphatic carbocycles. The Morgan fingerprint density at radius 3 is 2.50 bits per heavy atom. The number of hydrogen-bond donors (Lipinski definition) is 3. The number of fused-ring (bicyclic) bond motifs is 2. The number of pyridine rings is 1. The molecule has 0 saturated carbocycles. The SMILES string of the molecule is CNc1nc2nc([C@H](CC(N)=O)Cc3cc(F)cc(F)c3)c(-c3cccc4c(NS(C)(=O)=O)nn(C)c34)cc2s1. The highest BCUT2D eigenvalue weighted by atomic mass is 32.2. The third-order valence-corrected chi connectivity index (χ3v) is 7.88. The van der Waals surface area contributed by atoms with Gasteiger partial charge in [0.2, 0.25) is 15.9 Å². The molecule has 1 amide bonds. The van der Waals surface area contributed by atoms with Crippen LogP contribution in [0, 0.1) is 11.6 Å². The van der Waals surface area contributed by atoms with Crippen molar-refractivity contribution >= 4 is 59.5 Å². The van der Waals surface area contributed by atoms with Crippen LogP contribution in [-0.2, 0) is 28.3 Å². The smallest absolute Gasteiger partial charge is 0.231 e. The van der Waals surface area contributed by atoms with Gasteiger partial charge in [0.25, 0.3) is 0 Å². The van der Waals surface area contributed by atoms with Gasteiger partial charge in [-0.3, -0.25) is 14.2 Å². The van der Waals surface area contributed by atoms with Crippen LogP contribution >= 0.6 is 11.3 Å². The zero-order valence-corrected chi connectivity index (χ0v) is 23.3. The van der Waals surface area contributed by atoms with Crippen molar-refractivity contribution in [1.29, 1.82) is 0 Å². The second-order valence-electron chi connectivity index (χ2n) is 9.41. The van der Waals surface area contributed by atoms with Crippen molar-refractivity contribution in [3.05, 3.63) is 65.4 Å². The summed E-state index contributed by atoms with van der Waals surface area (Å²) in [5, 5.41) is 8.56. The second-order valence-corrected chi connectivity index (χ2v) is 12.2. The molecule has 14 heteroatoms. The molecule has 40 heavy (non-hydrogen) atoms. The Hall–Kier alpha value is -4.17. The third kappa shape index (κ3) is 5.58. The molecule has 3 heterocycles. The molecular weight excluding hydrogens is 560 g/mol. The number of hydrogen-bond acceptors (Lipinski definition) is 8. The van der Waals surface area contributed by atoms with Gasteiger partial charge in [-0.25, -0.2) is 27.2 Å². The highest BCUT2D eigenvalue weighted by Crippen LogP contribution is 2.40. The lowest BCUT2D eigenvalue weighted by molar-refractivity contribution is -0.118. The van der Waals surface area contributed by atoms with Crippen molar-refractivity contribution in [2.75, 3.05) is 23.3 Å². The molecule has 0 aliphatic rings. The molecule has 0 unspecified atom stereocenters. The number of halogens is 2. The largest absolute Gasteiger partial charge is 0.370 e. The van der Waals surface area contributed by atoms with E-state index >= 15 is 0 Å². The number of sulfonamides is 1. The summed E-state index contributed by atoms with van der Waals surface area (Å²) in [4.78, 5) is 21.6. The van der Waals surface area contributed by atoms with E-state index in [0.717, 1.165) is 17.0 Å². The van der Waals surface area contributed by atoms with E-state index in [-0.39, 0.29) is 18.7 Å². The number of carbonyl (C=O) groups is 1. The summed E-state index contributed by atoms with van der Waals surface area (Å²) in [6.45, 7) is 0. The molecule has 10 nitrogen and oxygen atoms in total. The van der Waals surface area contributed by atoms with Gasteiger partial charge in [0.1, 0.15) is 11.6 Å². The molecule has 2 aromatic carbocycles. The lowest BCUT2D eigenvalue weighted by Gasteiger charge is -2.20. The number of primary amides is 1. The second kappa shape index (κ2) is 10.4. The van der Waals surface area contributed by atoms with Crippen molar-refractivity contribution in [2.45, 2.75) is 18.8 Å². The van der Waals surface area contributed by atoms with Gasteiger partial charge in [-0.05, 0) is 36.2 Å². The molecule has 5 aromatic rings. The molecule has 0 bridgehead atoms. The van der Waals surface area contributed by atoms with Crippen molar-refractivity contribution in [3.8, 4) is 11.1 Å². The first kappa shape index (κ1) is 27.4. The number of nitrogens with two attached hydrogens (primary N) is 1. The van der Waals surface area contributed by atoms with E-state index in [1.165, 1.54) is 23.5 Å². The Balaban J connectivity index is 1.77. The molecule has 0 spiro atoms. The third-order valence-electron chi connectivity index (χ3n) is 6.30. The van der Waals surface area contributed by atoms with E-state index in [2.05, 4.69) is 20.1 Å². The Labute approximate surface area is 232 Å². The van der Waals surface area contributed by atoms with Crippen LogP contribution in [0.2, 0.25) is 0 Å². The maximum absolute atomic E-state index is 14.1. The standard InChI is InChI=1S/C26H25F2N7O3S2/c1-30-26-32-25-20(39-26)12-19(17-5-4-6-18-23(17)35(2)33-24(18)34-40(3,37)38)22(31-25)14(10-21(29)36)7-13-8-15(27)11-16(28)9-13/h4-6,8-9,11-12,14H,7,10H2,1-3H3,(H2,29,36)(H,33,34)(H,30,31,32)/t14-/m0/s1. The summed E-state index contributed by atoms with van der Waals surface area (Å²) in [6, 6.07) is 10.4. The zero-order chi connectivity index (χ0) is 28.8. The summed E-state index contributed by atoms with van der Waals surface area (Å²) < 4.78 is 56.8. The van der Waals surface area contributed by atoms with Gasteiger partial charge in [0.15, 0.2) is 16.6 Å². The molecule has 4 N–H and O–H groups in total. The van der Waals surface area contributed by atoms with E-state index in [4.69, 9.17) is 10.7 Å². The Morgan fingerprint density at radius 2 is 1.85 bits per heavy atom. The first-order valence-corrected chi connectivity index (χ1v) is 14.8. The predicted molar refractivity (Wildman–Crippen MR) is 152 cm³/mol. The van der Waals surface area contributed by atoms with Gasteiger partial charge >= 0.3 is 0 Å². The van der Waals surface area contributed by atoms with E-state index in [1.807, 2.05) is 12.1 Å². The number of benzene rings is 2. The average molecular weight is 586 g/mol. The monoisotopic (exact) mass is 585 g/mol. The molecule has 5 rings (SSSR count). The maximum Gasteiger partial charge on any atom is 0.231 e. The number of thiazole rings is 1. The number of para-hydroxylation sites is 1. The van der Waals surface area contributed by atoms with Crippen molar-refractivity contribution in [3.63, 3.8) is 0 Å². The van der Waals surface area contributed by atoms with Crippen molar-refractivity contribution in [2.24, 2.45) is 12.8 Å². The minimum atomic E-state index is -3.60. The van der Waals surface area contributed by atoms with E-state index in [1.54, 1.807) is 30.9 Å². The number of aromatic nitrogens is 4. The Kier molecular flexibility index (Phi) is 7.14. The van der Waals surface area contributed by atoms with Crippen LogP contribution in [0.1, 0.15) is 23.6 Å². The molecule has 0 aliphatic heterocycles. The maximum atomic E-state index is 14.1. The first-order valence-electron chi connectivity index (χ1n) is 12.1. The molecule has 0 saturated heterocycles. The van der Waals surface area contributed by atoms with Gasteiger partial charge in [0.05, 0.1) is 22.2 Å². The molecule has 1 atom stereocenters. The molecule has 208 valence electrons. The van der Waals surface area contributed by atoms with Gasteiger partial charge in [-0.2, -0.15) is 5.10 Å². The van der Waals surface area contributed by atoms with Crippen LogP contribution in [0.5, 0.6) is 0 Å². The van der Waals surface area contributed by atoms with Crippen LogP contribution in [0.25, 0.3) is 32.4 Å². The van der Waals surface area contributed by atoms with Crippen LogP contribution in [-0.4, -0.2) is 47.4 Å². The van der Waals surface area contributed by atoms with Gasteiger partial charge in [-0.1, -0.05) is 23.5 Å². The fourth-order valence-electron chi connectivity index (χ4n) is 4.84. The lowest BCUT2D eigenvalue weighted by Crippen LogP contribution is -2.18. The van der Waals surface area contributed by atoms with Crippen molar-refractivity contribution < 1.29 is 22.0 Å². The normalized spacial score (nSPS) is 12.6. The number of nitrogens with zero attached hydrogens (tertiary/aromatic N) is 4. The topological polar surface area (TPSA) is 145 Å². The van der Waals surface area contributed by atoms with Crippen LogP contribution in [0.15, 0.2) is 42.5 Å². The number of amides is 1. The van der Waals surface area contributed by atoms with Gasteiger partial charge < -0.3 is 11.1 Å². The van der Waals surface area contributed by atoms with Crippen LogP contribution in [0.4, 0.5) is 19.7 Å². The Bertz CT molecular complexity index is 1870. The van der Waals surface area contributed by atoms with Crippen LogP contribution in [0.3, 0.4) is 0 Å². The summed E-state index contributed by atoms with van der Waals surface area (Å²) in [5.41, 5.74) is 8.76. The summed E-state index contributed by atoms with van der Waals surface area (Å²) in [5.74, 6) is -2.57. The van der Waals surface area contributed by atoms with Crippen molar-refractivity contribution in [1.82, 2.24) is 19.7 Å². The highest BCUT2D eigenvalue weighted by Gasteiger charge is 2.26. The summed E-state index contributed by atoms with van der Waals surface area (Å²) in [7, 11) is -0.179. The molecular formula is C26H25F2N7O3S2. The van der Waals surface area contributed by atoms with E-state index in [0.29, 0.717) is 44.1 Å². The first-order chi connectivity index (χ1) is 18.9. The number of aryl methyl sites for hydroxylation is 1. The molecule has 0 fully saturated rings. The molecule has 3 aromatic heterocycles. The fraction of sp³-hybridized carbons (Fsp3) is 0.231. The minimum Gasteiger partial charge on any atom is -0.370 e. The summed E-state index contributed by atoms with van der Waals surface area (Å²) >= 11 is 1.38. The number of nitrogens with one attached hydrogen (secondary N) is 2. The summed E-state index contributed by atoms with van der Waals surface area (Å²) in [6.07, 6.45) is 0.976. The quantitative estimate of drug-likeness (QED) is 0.236. The number of carbonyl (C=O) groups excluding carboxylic acids is 1. The van der Waals surface area contributed by atoms with Gasteiger partial charge in [-0.15, -0.1) is 0 Å².